The SMILES string of the molecule is COC(=O)NNC(=O)OC(C)[C@H]1OC(=O)[C@@H](OC)C[C@H]2C=CC3=CC2(OC(O)[C@@H](C)[C@H]3OC(=O)c2ccc[nH]2)/C(C)=C/C1C. The summed E-state index contributed by atoms with van der Waals surface area (Å²) in [5.41, 5.74) is 4.39. The van der Waals surface area contributed by atoms with E-state index in [2.05, 4.69) is 9.72 Å². The third-order valence-corrected chi connectivity index (χ3v) is 8.20. The van der Waals surface area contributed by atoms with Crippen molar-refractivity contribution in [3.8, 4) is 0 Å². The molecule has 14 nitrogen and oxygen atoms in total. The van der Waals surface area contributed by atoms with Gasteiger partial charge >= 0.3 is 24.1 Å². The van der Waals surface area contributed by atoms with Crippen molar-refractivity contribution in [1.29, 1.82) is 0 Å². The molecular formula is C30H39N3O11. The number of nitrogens with one attached hydrogen (secondary N) is 3. The number of esters is 2. The Morgan fingerprint density at radius 3 is 2.57 bits per heavy atom. The predicted molar refractivity (Wildman–Crippen MR) is 153 cm³/mol. The van der Waals surface area contributed by atoms with Crippen molar-refractivity contribution in [2.45, 2.75) is 70.4 Å². The summed E-state index contributed by atoms with van der Waals surface area (Å²) in [6.07, 6.45) is 1.99. The maximum Gasteiger partial charge on any atom is 0.426 e. The monoisotopic (exact) mass is 617 g/mol. The number of rotatable bonds is 5. The number of ether oxygens (including phenoxy) is 6. The predicted octanol–water partition coefficient (Wildman–Crippen LogP) is 2.67. The minimum absolute atomic E-state index is 0.120. The molecule has 0 saturated carbocycles. The maximum absolute atomic E-state index is 13.4. The molecule has 1 aromatic rings. The minimum Gasteiger partial charge on any atom is -0.456 e. The highest BCUT2D eigenvalue weighted by atomic mass is 16.6. The molecule has 2 bridgehead atoms. The van der Waals surface area contributed by atoms with Gasteiger partial charge in [-0.25, -0.2) is 30.0 Å². The fourth-order valence-electron chi connectivity index (χ4n) is 5.79. The summed E-state index contributed by atoms with van der Waals surface area (Å²) in [6, 6.07) is 3.28. The van der Waals surface area contributed by atoms with Crippen molar-refractivity contribution in [2.75, 3.05) is 14.2 Å². The van der Waals surface area contributed by atoms with Gasteiger partial charge in [0, 0.05) is 31.1 Å². The normalized spacial score (nSPS) is 33.5. The molecule has 240 valence electrons. The van der Waals surface area contributed by atoms with Crippen LogP contribution in [-0.2, 0) is 33.2 Å². The molecule has 0 radical (unpaired) electrons. The second-order valence-corrected chi connectivity index (χ2v) is 11.1. The zero-order valence-corrected chi connectivity index (χ0v) is 25.4. The van der Waals surface area contributed by atoms with Crippen LogP contribution < -0.4 is 10.9 Å². The lowest BCUT2D eigenvalue weighted by Gasteiger charge is -2.43. The second-order valence-electron chi connectivity index (χ2n) is 11.1. The number of aliphatic hydroxyl groups is 1. The average molecular weight is 618 g/mol. The van der Waals surface area contributed by atoms with Crippen LogP contribution in [0, 0.1) is 17.8 Å². The van der Waals surface area contributed by atoms with Gasteiger partial charge in [0.2, 0.25) is 0 Å². The Bertz CT molecular complexity index is 1320. The molecule has 2 amide bonds. The molecule has 3 heterocycles. The molecule has 9 atom stereocenters. The van der Waals surface area contributed by atoms with E-state index in [-0.39, 0.29) is 12.1 Å². The number of aromatic amines is 1. The molecule has 4 rings (SSSR count). The van der Waals surface area contributed by atoms with Crippen LogP contribution in [-0.4, -0.2) is 84.7 Å². The summed E-state index contributed by atoms with van der Waals surface area (Å²) >= 11 is 0. The van der Waals surface area contributed by atoms with Crippen LogP contribution in [0.15, 0.2) is 53.8 Å². The summed E-state index contributed by atoms with van der Waals surface area (Å²) in [4.78, 5) is 52.7. The summed E-state index contributed by atoms with van der Waals surface area (Å²) in [5.74, 6) is -2.92. The molecule has 1 aromatic heterocycles. The molecule has 0 aromatic carbocycles. The Morgan fingerprint density at radius 1 is 1.18 bits per heavy atom. The average Bonchev–Trinajstić information content (AvgIpc) is 3.52. The molecule has 0 saturated heterocycles. The fourth-order valence-corrected chi connectivity index (χ4v) is 5.79. The molecular weight excluding hydrogens is 578 g/mol. The molecule has 44 heavy (non-hydrogen) atoms. The van der Waals surface area contributed by atoms with E-state index in [4.69, 9.17) is 23.7 Å². The molecule has 0 fully saturated rings. The van der Waals surface area contributed by atoms with E-state index in [1.807, 2.05) is 42.1 Å². The van der Waals surface area contributed by atoms with Crippen LogP contribution in [0.4, 0.5) is 9.59 Å². The lowest BCUT2D eigenvalue weighted by atomic mass is 9.72. The second kappa shape index (κ2) is 13.7. The van der Waals surface area contributed by atoms with Gasteiger partial charge in [-0.1, -0.05) is 32.1 Å². The Balaban J connectivity index is 1.69. The first-order valence-electron chi connectivity index (χ1n) is 14.2. The largest absolute Gasteiger partial charge is 0.456 e. The number of amides is 2. The van der Waals surface area contributed by atoms with Crippen molar-refractivity contribution in [2.24, 2.45) is 17.8 Å². The Kier molecular flexibility index (Phi) is 10.2. The number of hydrogen-bond donors (Lipinski definition) is 4. The molecule has 14 heteroatoms. The smallest absolute Gasteiger partial charge is 0.426 e. The number of hydrazine groups is 1. The highest BCUT2D eigenvalue weighted by Crippen LogP contribution is 2.46. The summed E-state index contributed by atoms with van der Waals surface area (Å²) in [7, 11) is 2.51. The highest BCUT2D eigenvalue weighted by molar-refractivity contribution is 5.87. The Morgan fingerprint density at radius 2 is 1.91 bits per heavy atom. The Hall–Kier alpha value is -4.14. The van der Waals surface area contributed by atoms with Gasteiger partial charge in [-0.05, 0) is 49.6 Å². The number of aliphatic hydroxyl groups excluding tert-OH is 1. The summed E-state index contributed by atoms with van der Waals surface area (Å²) in [6.45, 7) is 6.88. The van der Waals surface area contributed by atoms with Crippen LogP contribution >= 0.6 is 0 Å². The molecule has 4 unspecified atom stereocenters. The third-order valence-electron chi connectivity index (χ3n) is 8.20. The fraction of sp³-hybridized carbons (Fsp3) is 0.533. The quantitative estimate of drug-likeness (QED) is 0.165. The maximum atomic E-state index is 13.4. The number of hydrogen-bond acceptors (Lipinski definition) is 11. The van der Waals surface area contributed by atoms with E-state index < -0.39 is 78.2 Å². The van der Waals surface area contributed by atoms with Crippen LogP contribution in [0.2, 0.25) is 0 Å². The van der Waals surface area contributed by atoms with E-state index in [0.717, 1.165) is 7.11 Å². The zero-order valence-electron chi connectivity index (χ0n) is 25.4. The first-order chi connectivity index (χ1) is 20.9. The number of methoxy groups -OCH3 is 2. The third kappa shape index (κ3) is 6.82. The number of aromatic nitrogens is 1. The van der Waals surface area contributed by atoms with E-state index in [0.29, 0.717) is 11.1 Å². The van der Waals surface area contributed by atoms with Crippen LogP contribution in [0.3, 0.4) is 0 Å². The van der Waals surface area contributed by atoms with Crippen molar-refractivity contribution < 1.29 is 52.7 Å². The number of cyclic esters (lactones) is 1. The molecule has 3 aliphatic rings. The minimum atomic E-state index is -1.36. The van der Waals surface area contributed by atoms with Gasteiger partial charge in [0.05, 0.1) is 7.11 Å². The van der Waals surface area contributed by atoms with Crippen molar-refractivity contribution in [3.05, 3.63) is 59.5 Å². The number of carbonyl (C=O) groups excluding carboxylic acids is 4. The molecule has 1 spiro atoms. The van der Waals surface area contributed by atoms with Gasteiger partial charge in [0.15, 0.2) is 12.4 Å². The lowest BCUT2D eigenvalue weighted by molar-refractivity contribution is -0.199. The van der Waals surface area contributed by atoms with Crippen LogP contribution in [0.5, 0.6) is 0 Å². The molecule has 4 N–H and O–H groups in total. The van der Waals surface area contributed by atoms with Crippen LogP contribution in [0.25, 0.3) is 0 Å². The van der Waals surface area contributed by atoms with Gasteiger partial charge in [-0.15, -0.1) is 0 Å². The van der Waals surface area contributed by atoms with Crippen LogP contribution in [0.1, 0.15) is 44.6 Å². The zero-order chi connectivity index (χ0) is 32.2. The highest BCUT2D eigenvalue weighted by Gasteiger charge is 2.50. The number of H-pyrrole nitrogens is 1. The van der Waals surface area contributed by atoms with Crippen molar-refractivity contribution in [1.82, 2.24) is 15.8 Å². The summed E-state index contributed by atoms with van der Waals surface area (Å²) < 4.78 is 33.5. The van der Waals surface area contributed by atoms with E-state index in [1.165, 1.54) is 7.11 Å². The number of carbonyl (C=O) groups is 4. The molecule has 2 aliphatic heterocycles. The first-order valence-corrected chi connectivity index (χ1v) is 14.2. The van der Waals surface area contributed by atoms with Crippen molar-refractivity contribution >= 4 is 24.1 Å². The van der Waals surface area contributed by atoms with Gasteiger partial charge in [0.1, 0.15) is 29.6 Å². The van der Waals surface area contributed by atoms with E-state index >= 15 is 0 Å². The van der Waals surface area contributed by atoms with Gasteiger partial charge < -0.3 is 38.5 Å². The van der Waals surface area contributed by atoms with Gasteiger partial charge in [-0.3, -0.25) is 0 Å². The Labute approximate surface area is 254 Å². The molecule has 1 aliphatic carbocycles. The van der Waals surface area contributed by atoms with Gasteiger partial charge in [-0.2, -0.15) is 0 Å². The van der Waals surface area contributed by atoms with Gasteiger partial charge in [0.25, 0.3) is 0 Å². The topological polar surface area (TPSA) is 184 Å². The standard InChI is InChI=1S/C30H39N3O11/c1-15-12-16(2)30-14-19(24(17(3)25(34)44-30)43-26(35)21-8-7-11-31-21)9-10-20(30)13-22(39-5)27(36)42-23(15)18(4)41-29(38)33-32-28(37)40-6/h7-12,14-15,17-18,20,22-25,31,34H,13H2,1-6H3,(H,32,37)(H,33,38)/b16-12+/t15?,17-,18?,20+,22-,23-,24+,25?,30?/m0/s1. The van der Waals surface area contributed by atoms with Crippen molar-refractivity contribution in [3.63, 3.8) is 0 Å². The first kappa shape index (κ1) is 32.8. The van der Waals surface area contributed by atoms with E-state index in [9.17, 15) is 24.3 Å². The van der Waals surface area contributed by atoms with E-state index in [1.54, 1.807) is 39.1 Å². The summed E-state index contributed by atoms with van der Waals surface area (Å²) in [5, 5.41) is 11.3. The lowest BCUT2D eigenvalue weighted by Crippen LogP contribution is -2.49.